The first-order valence-electron chi connectivity index (χ1n) is 5.66. The molecule has 1 aromatic carbocycles. The number of hydrazine groups is 1. The van der Waals surface area contributed by atoms with Gasteiger partial charge in [0.2, 0.25) is 5.95 Å². The van der Waals surface area contributed by atoms with Gasteiger partial charge in [0.05, 0.1) is 10.6 Å². The molecule has 1 aromatic heterocycles. The molecule has 2 radical (unpaired) electrons. The summed E-state index contributed by atoms with van der Waals surface area (Å²) < 4.78 is 0. The van der Waals surface area contributed by atoms with Crippen molar-refractivity contribution < 1.29 is 9.90 Å². The molecule has 0 bridgehead atoms. The molecule has 2 rings (SSSR count). The third kappa shape index (κ3) is 3.32. The molecule has 0 atom stereocenters. The van der Waals surface area contributed by atoms with Crippen LogP contribution in [0.3, 0.4) is 0 Å². The number of rotatable bonds is 3. The molecule has 0 aliphatic heterocycles. The molecule has 0 spiro atoms. The largest absolute Gasteiger partial charge is 0.506 e. The smallest absolute Gasteiger partial charge is 0.274 e. The van der Waals surface area contributed by atoms with Crippen LogP contribution in [0, 0.1) is 6.92 Å². The van der Waals surface area contributed by atoms with E-state index in [4.69, 9.17) is 19.4 Å². The van der Waals surface area contributed by atoms with Crippen molar-refractivity contribution in [1.82, 2.24) is 20.6 Å². The Bertz CT molecular complexity index is 764. The maximum Gasteiger partial charge on any atom is 0.274 e. The Morgan fingerprint density at radius 1 is 1.43 bits per heavy atom. The summed E-state index contributed by atoms with van der Waals surface area (Å²) in [5.74, 6) is -1.19. The number of phenolic OH excluding ortho intramolecular Hbond substituents is 1. The maximum absolute atomic E-state index is 11.9. The molecular weight excluding hydrogens is 296 g/mol. The summed E-state index contributed by atoms with van der Waals surface area (Å²) in [5, 5.41) is 16.9. The van der Waals surface area contributed by atoms with Gasteiger partial charge in [-0.15, -0.1) is 10.2 Å². The Morgan fingerprint density at radius 2 is 2.14 bits per heavy atom. The minimum Gasteiger partial charge on any atom is -0.506 e. The Hall–Kier alpha value is -2.55. The highest BCUT2D eigenvalue weighted by Crippen LogP contribution is 2.25. The molecule has 2 aromatic rings. The van der Waals surface area contributed by atoms with Gasteiger partial charge in [-0.05, 0) is 13.0 Å². The van der Waals surface area contributed by atoms with Gasteiger partial charge in [0.1, 0.15) is 19.3 Å². The summed E-state index contributed by atoms with van der Waals surface area (Å²) in [5.41, 5.74) is 4.40. The lowest BCUT2D eigenvalue weighted by Gasteiger charge is -2.10. The molecule has 0 unspecified atom stereocenters. The first-order chi connectivity index (χ1) is 9.88. The van der Waals surface area contributed by atoms with Crippen LogP contribution in [0.1, 0.15) is 16.1 Å². The number of halogens is 1. The highest BCUT2D eigenvalue weighted by molar-refractivity contribution is 6.37. The van der Waals surface area contributed by atoms with Crippen LogP contribution in [0.5, 0.6) is 5.75 Å². The normalized spacial score (nSPS) is 10.2. The van der Waals surface area contributed by atoms with Crippen molar-refractivity contribution in [3.63, 3.8) is 0 Å². The summed E-state index contributed by atoms with van der Waals surface area (Å²) in [6, 6.07) is 2.56. The predicted molar refractivity (Wildman–Crippen MR) is 77.0 cm³/mol. The van der Waals surface area contributed by atoms with Gasteiger partial charge in [0.25, 0.3) is 11.5 Å². The van der Waals surface area contributed by atoms with E-state index in [9.17, 15) is 14.7 Å². The van der Waals surface area contributed by atoms with Gasteiger partial charge in [0, 0.05) is 0 Å². The van der Waals surface area contributed by atoms with Gasteiger partial charge in [-0.1, -0.05) is 23.1 Å². The molecular formula is C11H9BClN5O3. The second-order valence-electron chi connectivity index (χ2n) is 4.07. The number of aromatic hydroxyl groups is 1. The summed E-state index contributed by atoms with van der Waals surface area (Å²) in [6.45, 7) is 1.49. The van der Waals surface area contributed by atoms with Crippen molar-refractivity contribution in [2.24, 2.45) is 0 Å². The number of nitrogens with one attached hydrogen (secondary N) is 3. The number of benzene rings is 1. The lowest BCUT2D eigenvalue weighted by atomic mass is 9.94. The number of hydrogen-bond acceptors (Lipinski definition) is 6. The maximum atomic E-state index is 11.9. The van der Waals surface area contributed by atoms with Crippen molar-refractivity contribution in [2.45, 2.75) is 6.92 Å². The fraction of sp³-hybridized carbons (Fsp3) is 0.0909. The lowest BCUT2D eigenvalue weighted by molar-refractivity contribution is 0.0959. The third-order valence-electron chi connectivity index (χ3n) is 2.49. The van der Waals surface area contributed by atoms with Gasteiger partial charge in [-0.2, -0.15) is 0 Å². The van der Waals surface area contributed by atoms with Crippen LogP contribution in [0.15, 0.2) is 16.9 Å². The highest BCUT2D eigenvalue weighted by Gasteiger charge is 2.14. The second kappa shape index (κ2) is 5.84. The van der Waals surface area contributed by atoms with E-state index in [1.807, 2.05) is 0 Å². The van der Waals surface area contributed by atoms with E-state index in [1.54, 1.807) is 0 Å². The van der Waals surface area contributed by atoms with Crippen LogP contribution in [0.2, 0.25) is 5.02 Å². The number of aromatic amines is 1. The summed E-state index contributed by atoms with van der Waals surface area (Å²) in [6.07, 6.45) is 0. The second-order valence-corrected chi connectivity index (χ2v) is 4.47. The fourth-order valence-electron chi connectivity index (χ4n) is 1.43. The summed E-state index contributed by atoms with van der Waals surface area (Å²) in [7, 11) is 5.54. The Balaban J connectivity index is 2.15. The molecule has 1 heterocycles. The van der Waals surface area contributed by atoms with Crippen molar-refractivity contribution in [1.29, 1.82) is 0 Å². The van der Waals surface area contributed by atoms with Crippen molar-refractivity contribution in [2.75, 3.05) is 5.43 Å². The monoisotopic (exact) mass is 305 g/mol. The van der Waals surface area contributed by atoms with Crippen molar-refractivity contribution >= 4 is 36.8 Å². The van der Waals surface area contributed by atoms with Gasteiger partial charge in [-0.25, -0.2) is 0 Å². The molecule has 10 heteroatoms. The molecule has 106 valence electrons. The fourth-order valence-corrected chi connectivity index (χ4v) is 1.65. The van der Waals surface area contributed by atoms with E-state index >= 15 is 0 Å². The molecule has 0 fully saturated rings. The molecule has 8 nitrogen and oxygen atoms in total. The average Bonchev–Trinajstić information content (AvgIpc) is 2.43. The molecule has 0 saturated heterocycles. The minimum absolute atomic E-state index is 0.0521. The number of aromatic nitrogens is 3. The standard InChI is InChI=1S/C11H9BClN5O3/c1-4-9(20)14-11(17-15-4)18-16-10(21)6-2-5(12)3-7(13)8(6)19/h2-3,19H,1H3,(H,16,21)(H2,14,17,18,20). The number of phenols is 1. The Kier molecular flexibility index (Phi) is 4.13. The molecule has 0 saturated carbocycles. The van der Waals surface area contributed by atoms with Crippen LogP contribution < -0.4 is 21.9 Å². The highest BCUT2D eigenvalue weighted by atomic mass is 35.5. The van der Waals surface area contributed by atoms with Crippen LogP contribution in [-0.4, -0.2) is 34.0 Å². The zero-order valence-corrected chi connectivity index (χ0v) is 11.5. The summed E-state index contributed by atoms with van der Waals surface area (Å²) >= 11 is 5.72. The van der Waals surface area contributed by atoms with Gasteiger partial charge in [-0.3, -0.25) is 25.4 Å². The summed E-state index contributed by atoms with van der Waals surface area (Å²) in [4.78, 5) is 25.6. The molecule has 4 N–H and O–H groups in total. The number of carbonyl (C=O) groups is 1. The number of aryl methyl sites for hydroxylation is 1. The van der Waals surface area contributed by atoms with E-state index < -0.39 is 17.2 Å². The van der Waals surface area contributed by atoms with Gasteiger partial charge < -0.3 is 5.11 Å². The van der Waals surface area contributed by atoms with Crippen molar-refractivity contribution in [3.8, 4) is 5.75 Å². The molecule has 21 heavy (non-hydrogen) atoms. The first kappa shape index (κ1) is 14.9. The quantitative estimate of drug-likeness (QED) is 0.443. The predicted octanol–water partition coefficient (Wildman–Crippen LogP) is -0.617. The number of nitrogens with zero attached hydrogens (tertiary/aromatic N) is 2. The van der Waals surface area contributed by atoms with Crippen LogP contribution in [-0.2, 0) is 0 Å². The first-order valence-corrected chi connectivity index (χ1v) is 6.04. The van der Waals surface area contributed by atoms with Crippen LogP contribution in [0.4, 0.5) is 5.95 Å². The van der Waals surface area contributed by atoms with Crippen LogP contribution in [0.25, 0.3) is 0 Å². The number of amides is 1. The topological polar surface area (TPSA) is 120 Å². The van der Waals surface area contributed by atoms with Crippen LogP contribution >= 0.6 is 11.6 Å². The van der Waals surface area contributed by atoms with E-state index in [-0.39, 0.29) is 27.7 Å². The molecule has 0 aliphatic carbocycles. The zero-order valence-electron chi connectivity index (χ0n) is 10.8. The number of anilines is 1. The van der Waals surface area contributed by atoms with Gasteiger partial charge >= 0.3 is 0 Å². The Labute approximate surface area is 124 Å². The number of hydrogen-bond donors (Lipinski definition) is 4. The van der Waals surface area contributed by atoms with E-state index in [1.165, 1.54) is 19.1 Å². The SMILES string of the molecule is [B]c1cc(Cl)c(O)c(C(=O)NNc2nnc(C)c(=O)[nH]2)c1. The van der Waals surface area contributed by atoms with Crippen molar-refractivity contribution in [3.05, 3.63) is 38.8 Å². The van der Waals surface area contributed by atoms with E-state index in [0.29, 0.717) is 0 Å². The Morgan fingerprint density at radius 3 is 2.81 bits per heavy atom. The number of H-pyrrole nitrogens is 1. The average molecular weight is 305 g/mol. The zero-order chi connectivity index (χ0) is 15.6. The van der Waals surface area contributed by atoms with E-state index in [2.05, 4.69) is 26.0 Å². The van der Waals surface area contributed by atoms with E-state index in [0.717, 1.165) is 0 Å². The third-order valence-corrected chi connectivity index (χ3v) is 2.77. The minimum atomic E-state index is -0.718. The lowest BCUT2D eigenvalue weighted by Crippen LogP contribution is -2.32. The molecule has 0 aliphatic rings. The number of carbonyl (C=O) groups excluding carboxylic acids is 1. The molecule has 1 amide bonds. The van der Waals surface area contributed by atoms with Gasteiger partial charge in [0.15, 0.2) is 0 Å².